The number of para-hydroxylation sites is 2. The number of aromatic nitrogens is 1. The molecular formula is C19H22N2O4S. The van der Waals surface area contributed by atoms with Gasteiger partial charge in [-0.2, -0.15) is 0 Å². The fraction of sp³-hybridized carbons (Fsp3) is 0.263. The minimum absolute atomic E-state index is 0.0620. The van der Waals surface area contributed by atoms with Crippen molar-refractivity contribution < 1.29 is 18.3 Å². The molecule has 0 fully saturated rings. The molecule has 138 valence electrons. The van der Waals surface area contributed by atoms with Crippen LogP contribution in [0.5, 0.6) is 5.75 Å². The molecule has 0 amide bonds. The zero-order valence-corrected chi connectivity index (χ0v) is 15.5. The average Bonchev–Trinajstić information content (AvgIpc) is 2.98. The van der Waals surface area contributed by atoms with Crippen LogP contribution in [0.3, 0.4) is 0 Å². The first kappa shape index (κ1) is 18.4. The third-order valence-corrected chi connectivity index (χ3v) is 5.65. The Morgan fingerprint density at radius 3 is 2.62 bits per heavy atom. The molecular weight excluding hydrogens is 352 g/mol. The molecule has 0 bridgehead atoms. The fourth-order valence-electron chi connectivity index (χ4n) is 2.96. The summed E-state index contributed by atoms with van der Waals surface area (Å²) in [6, 6.07) is 14.1. The van der Waals surface area contributed by atoms with Crippen LogP contribution < -0.4 is 9.46 Å². The maximum absolute atomic E-state index is 12.6. The lowest BCUT2D eigenvalue weighted by Crippen LogP contribution is -2.29. The Balaban J connectivity index is 1.81. The standard InChI is InChI=1S/C19H22N2O4S/c1-3-25-18-10-6-7-11-19(18)26(23,24)20-12-17(22)15-13-21(2)16-9-5-4-8-14(15)16/h4-11,13,17,20,22H,3,12H2,1-2H3. The highest BCUT2D eigenvalue weighted by Crippen LogP contribution is 2.27. The summed E-state index contributed by atoms with van der Waals surface area (Å²) in [5, 5.41) is 11.4. The van der Waals surface area contributed by atoms with Gasteiger partial charge in [-0.05, 0) is 25.1 Å². The van der Waals surface area contributed by atoms with Crippen molar-refractivity contribution in [1.29, 1.82) is 0 Å². The molecule has 1 unspecified atom stereocenters. The topological polar surface area (TPSA) is 80.6 Å². The van der Waals surface area contributed by atoms with Crippen LogP contribution in [0.1, 0.15) is 18.6 Å². The van der Waals surface area contributed by atoms with Crippen molar-refractivity contribution in [2.45, 2.75) is 17.9 Å². The molecule has 0 saturated heterocycles. The Morgan fingerprint density at radius 2 is 1.85 bits per heavy atom. The molecule has 0 spiro atoms. The maximum Gasteiger partial charge on any atom is 0.244 e. The molecule has 2 N–H and O–H groups in total. The number of aliphatic hydroxyl groups excluding tert-OH is 1. The maximum atomic E-state index is 12.6. The fourth-order valence-corrected chi connectivity index (χ4v) is 4.14. The van der Waals surface area contributed by atoms with Gasteiger partial charge in [-0.25, -0.2) is 13.1 Å². The van der Waals surface area contributed by atoms with Gasteiger partial charge in [-0.15, -0.1) is 0 Å². The Morgan fingerprint density at radius 1 is 1.15 bits per heavy atom. The quantitative estimate of drug-likeness (QED) is 0.666. The summed E-state index contributed by atoms with van der Waals surface area (Å²) in [6.07, 6.45) is 0.854. The van der Waals surface area contributed by atoms with E-state index in [4.69, 9.17) is 4.74 Å². The first-order valence-electron chi connectivity index (χ1n) is 8.37. The normalized spacial score (nSPS) is 13.0. The first-order valence-corrected chi connectivity index (χ1v) is 9.86. The molecule has 1 heterocycles. The van der Waals surface area contributed by atoms with Gasteiger partial charge in [-0.3, -0.25) is 0 Å². The van der Waals surface area contributed by atoms with E-state index in [0.29, 0.717) is 17.9 Å². The summed E-state index contributed by atoms with van der Waals surface area (Å²) < 4.78 is 35.0. The van der Waals surface area contributed by atoms with Crippen LogP contribution in [0.25, 0.3) is 10.9 Å². The number of aryl methyl sites for hydroxylation is 1. The van der Waals surface area contributed by atoms with E-state index in [0.717, 1.165) is 10.9 Å². The van der Waals surface area contributed by atoms with Gasteiger partial charge in [0.1, 0.15) is 10.6 Å². The van der Waals surface area contributed by atoms with Crippen LogP contribution in [-0.2, 0) is 17.1 Å². The number of ether oxygens (including phenoxy) is 1. The molecule has 1 atom stereocenters. The van der Waals surface area contributed by atoms with Crippen molar-refractivity contribution in [1.82, 2.24) is 9.29 Å². The molecule has 0 radical (unpaired) electrons. The Hall–Kier alpha value is -2.35. The van der Waals surface area contributed by atoms with Crippen molar-refractivity contribution in [3.63, 3.8) is 0 Å². The molecule has 3 aromatic rings. The highest BCUT2D eigenvalue weighted by Gasteiger charge is 2.22. The number of hydrogen-bond acceptors (Lipinski definition) is 4. The minimum Gasteiger partial charge on any atom is -0.492 e. The summed E-state index contributed by atoms with van der Waals surface area (Å²) >= 11 is 0. The van der Waals surface area contributed by atoms with Crippen molar-refractivity contribution in [3.05, 3.63) is 60.3 Å². The number of nitrogens with zero attached hydrogens (tertiary/aromatic N) is 1. The SMILES string of the molecule is CCOc1ccccc1S(=O)(=O)NCC(O)c1cn(C)c2ccccc12. The third-order valence-electron chi connectivity index (χ3n) is 4.19. The van der Waals surface area contributed by atoms with Crippen LogP contribution in [0.2, 0.25) is 0 Å². The molecule has 26 heavy (non-hydrogen) atoms. The molecule has 6 nitrogen and oxygen atoms in total. The van der Waals surface area contributed by atoms with E-state index < -0.39 is 16.1 Å². The number of aliphatic hydroxyl groups is 1. The Labute approximate surface area is 153 Å². The highest BCUT2D eigenvalue weighted by atomic mass is 32.2. The van der Waals surface area contributed by atoms with Crippen LogP contribution in [-0.4, -0.2) is 31.2 Å². The van der Waals surface area contributed by atoms with Crippen molar-refractivity contribution in [2.75, 3.05) is 13.2 Å². The highest BCUT2D eigenvalue weighted by molar-refractivity contribution is 7.89. The van der Waals surface area contributed by atoms with Crippen LogP contribution in [0, 0.1) is 0 Å². The predicted molar refractivity (Wildman–Crippen MR) is 101 cm³/mol. The summed E-state index contributed by atoms with van der Waals surface area (Å²) in [7, 11) is -1.91. The molecule has 0 aliphatic rings. The van der Waals surface area contributed by atoms with Crippen LogP contribution >= 0.6 is 0 Å². The van der Waals surface area contributed by atoms with E-state index in [1.165, 1.54) is 6.07 Å². The summed E-state index contributed by atoms with van der Waals surface area (Å²) in [5.74, 6) is 0.294. The Kier molecular flexibility index (Phi) is 5.31. The minimum atomic E-state index is -3.80. The predicted octanol–water partition coefficient (Wildman–Crippen LogP) is 2.59. The van der Waals surface area contributed by atoms with Crippen LogP contribution in [0.4, 0.5) is 0 Å². The van der Waals surface area contributed by atoms with Crippen molar-refractivity contribution in [2.24, 2.45) is 7.05 Å². The monoisotopic (exact) mass is 374 g/mol. The van der Waals surface area contributed by atoms with E-state index in [1.807, 2.05) is 42.1 Å². The molecule has 1 aromatic heterocycles. The second-order valence-corrected chi connectivity index (χ2v) is 7.70. The molecule has 3 rings (SSSR count). The van der Waals surface area contributed by atoms with Gasteiger partial charge in [0.05, 0.1) is 12.7 Å². The van der Waals surface area contributed by atoms with E-state index in [-0.39, 0.29) is 11.4 Å². The zero-order valence-electron chi connectivity index (χ0n) is 14.7. The van der Waals surface area contributed by atoms with E-state index in [9.17, 15) is 13.5 Å². The first-order chi connectivity index (χ1) is 12.4. The number of nitrogens with one attached hydrogen (secondary N) is 1. The third kappa shape index (κ3) is 3.60. The number of hydrogen-bond donors (Lipinski definition) is 2. The molecule has 2 aromatic carbocycles. The van der Waals surface area contributed by atoms with E-state index in [2.05, 4.69) is 4.72 Å². The lowest BCUT2D eigenvalue weighted by molar-refractivity contribution is 0.183. The van der Waals surface area contributed by atoms with Gasteiger partial charge >= 0.3 is 0 Å². The number of sulfonamides is 1. The van der Waals surface area contributed by atoms with Crippen LogP contribution in [0.15, 0.2) is 59.6 Å². The van der Waals surface area contributed by atoms with Gasteiger partial charge in [0.15, 0.2) is 0 Å². The van der Waals surface area contributed by atoms with E-state index >= 15 is 0 Å². The summed E-state index contributed by atoms with van der Waals surface area (Å²) in [5.41, 5.74) is 1.66. The zero-order chi connectivity index (χ0) is 18.7. The lowest BCUT2D eigenvalue weighted by atomic mass is 10.1. The van der Waals surface area contributed by atoms with Crippen molar-refractivity contribution >= 4 is 20.9 Å². The summed E-state index contributed by atoms with van der Waals surface area (Å²) in [6.45, 7) is 2.03. The van der Waals surface area contributed by atoms with Gasteiger partial charge in [0.2, 0.25) is 10.0 Å². The number of benzene rings is 2. The largest absolute Gasteiger partial charge is 0.492 e. The molecule has 0 aliphatic heterocycles. The second kappa shape index (κ2) is 7.49. The van der Waals surface area contributed by atoms with E-state index in [1.54, 1.807) is 25.1 Å². The number of rotatable bonds is 7. The van der Waals surface area contributed by atoms with Gasteiger partial charge in [0, 0.05) is 36.3 Å². The van der Waals surface area contributed by atoms with Gasteiger partial charge in [-0.1, -0.05) is 30.3 Å². The molecule has 0 saturated carbocycles. The molecule has 0 aliphatic carbocycles. The average molecular weight is 374 g/mol. The van der Waals surface area contributed by atoms with Crippen molar-refractivity contribution in [3.8, 4) is 5.75 Å². The van der Waals surface area contributed by atoms with Gasteiger partial charge < -0.3 is 14.4 Å². The second-order valence-electron chi connectivity index (χ2n) is 5.96. The smallest absolute Gasteiger partial charge is 0.244 e. The van der Waals surface area contributed by atoms with Gasteiger partial charge in [0.25, 0.3) is 0 Å². The lowest BCUT2D eigenvalue weighted by Gasteiger charge is -2.14. The number of fused-ring (bicyclic) bond motifs is 1. The molecule has 7 heteroatoms. The summed E-state index contributed by atoms with van der Waals surface area (Å²) in [4.78, 5) is 0.0620. The Bertz CT molecular complexity index is 1010.